The SMILES string of the molecule is C[C@@H]1CO[C@]2(C[C@H]1OC(=O)c1ccc(O)cc1)O[C@H]1[C@H]3[C@H](C[C@@H](O)[C@]1(O)C2=O)[C@@H](O[C@H]1O[C@@H](CO)[C@H](O)[C@@H](O)[C@@H]1O[C@H]1O[C@H](CO)[C@@H](O)[C@H](O[C@H]2O[C@@H](C)[C@H](O)[C@@H](O)[C@@H]2O)[C@@H]1O)C[S@@]3=O. The molecule has 6 heterocycles. The Balaban J connectivity index is 1.01. The summed E-state index contributed by atoms with van der Waals surface area (Å²) in [6.07, 6.45) is -32.7. The summed E-state index contributed by atoms with van der Waals surface area (Å²) in [7, 11) is -1.99. The van der Waals surface area contributed by atoms with Crippen molar-refractivity contribution in [3.05, 3.63) is 29.8 Å². The molecule has 25 heteroatoms. The topological polar surface area (TPSA) is 377 Å². The molecular weight excluding hydrogens is 896 g/mol. The molecule has 1 spiro atoms. The van der Waals surface area contributed by atoms with Crippen molar-refractivity contribution in [2.45, 2.75) is 160 Å². The maximum atomic E-state index is 14.3. The molecule has 0 amide bonds. The van der Waals surface area contributed by atoms with Gasteiger partial charge in [0.25, 0.3) is 0 Å². The van der Waals surface area contributed by atoms with E-state index >= 15 is 0 Å². The maximum Gasteiger partial charge on any atom is 0.338 e. The number of rotatable bonds is 10. The van der Waals surface area contributed by atoms with Gasteiger partial charge in [-0.3, -0.25) is 9.00 Å². The molecule has 6 aliphatic heterocycles. The third-order valence-electron chi connectivity index (χ3n) is 13.7. The molecule has 8 rings (SSSR count). The second-order valence-corrected chi connectivity index (χ2v) is 19.5. The number of aliphatic hydroxyl groups is 11. The predicted octanol–water partition coefficient (Wildman–Crippen LogP) is -6.26. The van der Waals surface area contributed by atoms with Crippen molar-refractivity contribution >= 4 is 22.6 Å². The first-order valence-corrected chi connectivity index (χ1v) is 22.7. The molecule has 0 radical (unpaired) electrons. The number of carbonyl (C=O) groups excluding carboxylic acids is 2. The molecule has 1 aliphatic carbocycles. The second kappa shape index (κ2) is 18.8. The van der Waals surface area contributed by atoms with Crippen LogP contribution in [0.3, 0.4) is 0 Å². The van der Waals surface area contributed by atoms with Gasteiger partial charge in [-0.05, 0) is 37.6 Å². The average molecular weight is 953 g/mol. The summed E-state index contributed by atoms with van der Waals surface area (Å²) in [5.41, 5.74) is -2.55. The van der Waals surface area contributed by atoms with Crippen molar-refractivity contribution in [1.29, 1.82) is 0 Å². The fourth-order valence-electron chi connectivity index (χ4n) is 9.81. The lowest BCUT2D eigenvalue weighted by Crippen LogP contribution is -2.67. The summed E-state index contributed by atoms with van der Waals surface area (Å²) >= 11 is 0. The van der Waals surface area contributed by atoms with E-state index in [2.05, 4.69) is 0 Å². The number of ether oxygens (including phenoxy) is 9. The van der Waals surface area contributed by atoms with Gasteiger partial charge in [0.05, 0.1) is 54.7 Å². The number of Topliss-reactive ketones (excluding diaryl/α,β-unsaturated/α-hetero) is 1. The highest BCUT2D eigenvalue weighted by Crippen LogP contribution is 2.53. The fourth-order valence-corrected chi connectivity index (χ4v) is 11.9. The van der Waals surface area contributed by atoms with Crippen LogP contribution in [0.1, 0.15) is 37.0 Å². The molecule has 65 heavy (non-hydrogen) atoms. The third kappa shape index (κ3) is 8.57. The molecule has 1 aromatic rings. The highest BCUT2D eigenvalue weighted by Gasteiger charge is 2.75. The van der Waals surface area contributed by atoms with Gasteiger partial charge < -0.3 is 104 Å². The van der Waals surface area contributed by atoms with Crippen LogP contribution >= 0.6 is 0 Å². The van der Waals surface area contributed by atoms with Crippen LogP contribution in [0.15, 0.2) is 24.3 Å². The zero-order valence-corrected chi connectivity index (χ0v) is 35.7. The summed E-state index contributed by atoms with van der Waals surface area (Å²) in [4.78, 5) is 27.3. The molecule has 25 atom stereocenters. The Morgan fingerprint density at radius 1 is 0.769 bits per heavy atom. The van der Waals surface area contributed by atoms with Crippen LogP contribution in [-0.4, -0.2) is 236 Å². The first-order valence-electron chi connectivity index (χ1n) is 21.3. The summed E-state index contributed by atoms with van der Waals surface area (Å²) in [5, 5.41) is 128. The molecule has 12 N–H and O–H groups in total. The van der Waals surface area contributed by atoms with E-state index in [1.54, 1.807) is 6.92 Å². The monoisotopic (exact) mass is 952 g/mol. The average Bonchev–Trinajstić information content (AvgIpc) is 3.70. The van der Waals surface area contributed by atoms with Crippen molar-refractivity contribution in [3.8, 4) is 5.75 Å². The van der Waals surface area contributed by atoms with Gasteiger partial charge in [0.15, 0.2) is 24.5 Å². The third-order valence-corrected chi connectivity index (χ3v) is 15.5. The van der Waals surface area contributed by atoms with E-state index in [9.17, 15) is 75.1 Å². The Morgan fingerprint density at radius 3 is 2.08 bits per heavy atom. The van der Waals surface area contributed by atoms with E-state index in [4.69, 9.17) is 42.6 Å². The number of esters is 1. The van der Waals surface area contributed by atoms with Crippen molar-refractivity contribution < 1.29 is 118 Å². The van der Waals surface area contributed by atoms with E-state index in [1.807, 2.05) is 0 Å². The van der Waals surface area contributed by atoms with Crippen molar-refractivity contribution in [2.75, 3.05) is 25.6 Å². The summed E-state index contributed by atoms with van der Waals surface area (Å²) in [6, 6.07) is 5.26. The molecule has 0 bridgehead atoms. The first-order chi connectivity index (χ1) is 30.7. The summed E-state index contributed by atoms with van der Waals surface area (Å²) in [6.45, 7) is 1.12. The van der Waals surface area contributed by atoms with Gasteiger partial charge in [0.2, 0.25) is 11.6 Å². The number of aromatic hydroxyl groups is 1. The van der Waals surface area contributed by atoms with Crippen LogP contribution in [0, 0.1) is 11.8 Å². The lowest BCUT2D eigenvalue weighted by atomic mass is 9.70. The lowest BCUT2D eigenvalue weighted by Gasteiger charge is -2.48. The van der Waals surface area contributed by atoms with Crippen molar-refractivity contribution in [1.82, 2.24) is 0 Å². The molecule has 0 aromatic heterocycles. The van der Waals surface area contributed by atoms with E-state index in [1.165, 1.54) is 31.2 Å². The first kappa shape index (κ1) is 49.0. The standard InChI is InChI=1S/C40H56O24S/c1-13-11-56-39(8-18(13)58-34(52)15-3-5-16(43)6-4-15)38(53)40(54)22(44)7-17-21(12-65(55)32(17)33(40)64-39)61-37-31(27(49)24(46)19(9-41)60-37)63-36-29(51)30(25(47)20(10-42)59-36)62-35-28(50)26(48)23(45)14(2)57-35/h3-6,13-14,17-33,35-37,41-51,54H,7-12H2,1-2H3/t13-,14+,17-,18-,19+,20-,21+,22-,23+,24+,25-,26-,27-,28+,29+,30+,31+,32-,33+,35-,36-,37-,39-,40-,65+/m1/s1. The molecule has 1 aromatic carbocycles. The van der Waals surface area contributed by atoms with E-state index in [0.717, 1.165) is 0 Å². The second-order valence-electron chi connectivity index (χ2n) is 17.8. The van der Waals surface area contributed by atoms with Crippen molar-refractivity contribution in [3.63, 3.8) is 0 Å². The van der Waals surface area contributed by atoms with Gasteiger partial charge in [0, 0.05) is 29.1 Å². The largest absolute Gasteiger partial charge is 0.508 e. The number of phenols is 1. The lowest BCUT2D eigenvalue weighted by molar-refractivity contribution is -0.387. The zero-order valence-electron chi connectivity index (χ0n) is 34.9. The number of benzene rings is 1. The minimum absolute atomic E-state index is 0.0819. The fraction of sp³-hybridized carbons (Fsp3) is 0.800. The molecule has 0 unspecified atom stereocenters. The van der Waals surface area contributed by atoms with E-state index < -0.39 is 194 Å². The van der Waals surface area contributed by atoms with Crippen LogP contribution in [-0.2, 0) is 58.2 Å². The number of carbonyl (C=O) groups is 2. The maximum absolute atomic E-state index is 14.3. The van der Waals surface area contributed by atoms with Crippen LogP contribution in [0.25, 0.3) is 0 Å². The van der Waals surface area contributed by atoms with Gasteiger partial charge in [-0.1, -0.05) is 6.92 Å². The Kier molecular flexibility index (Phi) is 14.2. The van der Waals surface area contributed by atoms with Gasteiger partial charge >= 0.3 is 5.97 Å². The Hall–Kier alpha value is -2.45. The zero-order chi connectivity index (χ0) is 47.0. The Morgan fingerprint density at radius 2 is 1.40 bits per heavy atom. The van der Waals surface area contributed by atoms with Gasteiger partial charge in [0.1, 0.15) is 85.1 Å². The highest BCUT2D eigenvalue weighted by atomic mass is 32.2. The quantitative estimate of drug-likeness (QED) is 0.0971. The van der Waals surface area contributed by atoms with Gasteiger partial charge in [-0.2, -0.15) is 0 Å². The number of aliphatic hydroxyl groups excluding tert-OH is 10. The van der Waals surface area contributed by atoms with Crippen molar-refractivity contribution in [2.24, 2.45) is 11.8 Å². The number of fused-ring (bicyclic) bond motifs is 3. The molecule has 366 valence electrons. The molecule has 6 saturated heterocycles. The molecule has 1 saturated carbocycles. The number of ketones is 1. The predicted molar refractivity (Wildman–Crippen MR) is 208 cm³/mol. The number of hydrogen-bond acceptors (Lipinski definition) is 24. The van der Waals surface area contributed by atoms with Gasteiger partial charge in [-0.25, -0.2) is 4.79 Å². The smallest absolute Gasteiger partial charge is 0.338 e. The van der Waals surface area contributed by atoms with E-state index in [0.29, 0.717) is 0 Å². The van der Waals surface area contributed by atoms with Crippen LogP contribution in [0.5, 0.6) is 5.75 Å². The number of phenolic OH excluding ortho intramolecular Hbond substituents is 1. The molecule has 7 aliphatic rings. The molecular formula is C40H56O24S. The van der Waals surface area contributed by atoms with Gasteiger partial charge in [-0.15, -0.1) is 0 Å². The summed E-state index contributed by atoms with van der Waals surface area (Å²) < 4.78 is 66.8. The minimum atomic E-state index is -2.65. The van der Waals surface area contributed by atoms with Crippen LogP contribution in [0.2, 0.25) is 0 Å². The Labute approximate surface area is 372 Å². The Bertz CT molecular complexity index is 1900. The van der Waals surface area contributed by atoms with E-state index in [-0.39, 0.29) is 23.7 Å². The summed E-state index contributed by atoms with van der Waals surface area (Å²) in [5.74, 6) is -5.96. The molecule has 7 fully saturated rings. The number of hydrogen-bond donors (Lipinski definition) is 12. The molecule has 24 nitrogen and oxygen atoms in total. The normalized spacial score (nSPS) is 51.1. The minimum Gasteiger partial charge on any atom is -0.508 e. The van der Waals surface area contributed by atoms with Crippen LogP contribution < -0.4 is 0 Å². The highest BCUT2D eigenvalue weighted by molar-refractivity contribution is 7.86. The van der Waals surface area contributed by atoms with Crippen LogP contribution in [0.4, 0.5) is 0 Å².